The summed E-state index contributed by atoms with van der Waals surface area (Å²) in [5.41, 5.74) is 0.386. The maximum atomic E-state index is 14.1. The molecule has 3 rings (SSSR count). The highest BCUT2D eigenvalue weighted by Gasteiger charge is 2.46. The molecule has 1 saturated heterocycles. The molecule has 0 bridgehead atoms. The van der Waals surface area contributed by atoms with E-state index in [1.165, 1.54) is 26.7 Å². The lowest BCUT2D eigenvalue weighted by molar-refractivity contribution is -0.107. The molecule has 20 heavy (non-hydrogen) atoms. The van der Waals surface area contributed by atoms with Crippen LogP contribution in [0.4, 0.5) is 4.39 Å². The fourth-order valence-electron chi connectivity index (χ4n) is 2.93. The van der Waals surface area contributed by atoms with Crippen molar-refractivity contribution in [1.29, 1.82) is 0 Å². The van der Waals surface area contributed by atoms with Crippen molar-refractivity contribution < 1.29 is 18.6 Å². The molecule has 0 spiro atoms. The average Bonchev–Trinajstić information content (AvgIpc) is 3.23. The van der Waals surface area contributed by atoms with E-state index in [1.807, 2.05) is 0 Å². The Kier molecular flexibility index (Phi) is 3.92. The van der Waals surface area contributed by atoms with Gasteiger partial charge in [-0.3, -0.25) is 0 Å². The largest absolute Gasteiger partial charge is 0.490 e. The van der Waals surface area contributed by atoms with Gasteiger partial charge in [0.2, 0.25) is 0 Å². The molecule has 110 valence electrons. The number of benzene rings is 1. The summed E-state index contributed by atoms with van der Waals surface area (Å²) in [6.07, 6.45) is 1.66. The number of hydrogen-bond acceptors (Lipinski definition) is 4. The summed E-state index contributed by atoms with van der Waals surface area (Å²) in [6.45, 7) is 0.974. The molecule has 1 aromatic rings. The highest BCUT2D eigenvalue weighted by Crippen LogP contribution is 2.40. The average molecular weight is 281 g/mol. The second-order valence-corrected chi connectivity index (χ2v) is 5.39. The van der Waals surface area contributed by atoms with Crippen LogP contribution >= 0.6 is 0 Å². The second kappa shape index (κ2) is 5.68. The monoisotopic (exact) mass is 281 g/mol. The summed E-state index contributed by atoms with van der Waals surface area (Å²) in [5, 5.41) is 3.44. The fraction of sp³-hybridized carbons (Fsp3) is 0.600. The van der Waals surface area contributed by atoms with Crippen molar-refractivity contribution in [1.82, 2.24) is 5.32 Å². The Balaban J connectivity index is 1.70. The van der Waals surface area contributed by atoms with Crippen molar-refractivity contribution in [3.05, 3.63) is 29.6 Å². The first-order chi connectivity index (χ1) is 9.72. The van der Waals surface area contributed by atoms with E-state index in [2.05, 4.69) is 5.32 Å². The van der Waals surface area contributed by atoms with Crippen LogP contribution in [0.1, 0.15) is 24.7 Å². The SMILES string of the molecule is COC(OC)c1ccc(OC2CCNC3CC32)cc1F. The lowest BCUT2D eigenvalue weighted by atomic mass is 10.1. The van der Waals surface area contributed by atoms with Crippen molar-refractivity contribution in [2.75, 3.05) is 20.8 Å². The molecule has 1 aliphatic heterocycles. The molecular weight excluding hydrogens is 261 g/mol. The van der Waals surface area contributed by atoms with Crippen molar-refractivity contribution >= 4 is 0 Å². The van der Waals surface area contributed by atoms with E-state index in [4.69, 9.17) is 14.2 Å². The third kappa shape index (κ3) is 2.66. The Hall–Kier alpha value is -1.17. The van der Waals surface area contributed by atoms with Crippen molar-refractivity contribution in [3.8, 4) is 5.75 Å². The lowest BCUT2D eigenvalue weighted by Crippen LogP contribution is -2.35. The van der Waals surface area contributed by atoms with Gasteiger partial charge >= 0.3 is 0 Å². The molecule has 1 saturated carbocycles. The van der Waals surface area contributed by atoms with Gasteiger partial charge in [-0.2, -0.15) is 0 Å². The maximum Gasteiger partial charge on any atom is 0.185 e. The van der Waals surface area contributed by atoms with Crippen LogP contribution in [0.25, 0.3) is 0 Å². The van der Waals surface area contributed by atoms with Crippen LogP contribution in [0.15, 0.2) is 18.2 Å². The zero-order chi connectivity index (χ0) is 14.1. The molecule has 3 unspecified atom stereocenters. The van der Waals surface area contributed by atoms with Crippen LogP contribution in [0.5, 0.6) is 5.75 Å². The van der Waals surface area contributed by atoms with Gasteiger partial charge in [0.25, 0.3) is 0 Å². The summed E-state index contributed by atoms with van der Waals surface area (Å²) in [6, 6.07) is 5.46. The Morgan fingerprint density at radius 1 is 1.30 bits per heavy atom. The van der Waals surface area contributed by atoms with Gasteiger partial charge in [-0.1, -0.05) is 0 Å². The minimum atomic E-state index is -0.684. The van der Waals surface area contributed by atoms with E-state index in [-0.39, 0.29) is 11.9 Å². The van der Waals surface area contributed by atoms with Gasteiger partial charge in [0, 0.05) is 37.8 Å². The van der Waals surface area contributed by atoms with E-state index < -0.39 is 6.29 Å². The molecule has 5 heteroatoms. The predicted octanol–water partition coefficient (Wildman–Crippen LogP) is 2.25. The number of nitrogens with one attached hydrogen (secondary N) is 1. The zero-order valence-corrected chi connectivity index (χ0v) is 11.8. The molecule has 1 aliphatic carbocycles. The van der Waals surface area contributed by atoms with Crippen LogP contribution in [0.3, 0.4) is 0 Å². The van der Waals surface area contributed by atoms with E-state index in [0.29, 0.717) is 23.3 Å². The molecular formula is C15H20FNO3. The molecule has 0 radical (unpaired) electrons. The molecule has 1 aromatic carbocycles. The molecule has 0 amide bonds. The Bertz CT molecular complexity index is 478. The van der Waals surface area contributed by atoms with Crippen LogP contribution < -0.4 is 10.1 Å². The lowest BCUT2D eigenvalue weighted by Gasteiger charge is -2.24. The first kappa shape index (κ1) is 13.8. The predicted molar refractivity (Wildman–Crippen MR) is 72.1 cm³/mol. The van der Waals surface area contributed by atoms with Gasteiger partial charge in [-0.25, -0.2) is 4.39 Å². The number of rotatable bonds is 5. The molecule has 2 aliphatic rings. The van der Waals surface area contributed by atoms with E-state index in [1.54, 1.807) is 12.1 Å². The van der Waals surface area contributed by atoms with Crippen molar-refractivity contribution in [3.63, 3.8) is 0 Å². The normalized spacial score (nSPS) is 28.3. The van der Waals surface area contributed by atoms with Gasteiger partial charge in [-0.05, 0) is 31.5 Å². The highest BCUT2D eigenvalue weighted by molar-refractivity contribution is 5.30. The maximum absolute atomic E-state index is 14.1. The van der Waals surface area contributed by atoms with Gasteiger partial charge in [-0.15, -0.1) is 0 Å². The minimum Gasteiger partial charge on any atom is -0.490 e. The minimum absolute atomic E-state index is 0.201. The molecule has 1 heterocycles. The number of piperidine rings is 1. The number of halogens is 1. The van der Waals surface area contributed by atoms with Crippen LogP contribution in [-0.4, -0.2) is 32.9 Å². The van der Waals surface area contributed by atoms with Crippen molar-refractivity contribution in [2.24, 2.45) is 5.92 Å². The number of ether oxygens (including phenoxy) is 3. The van der Waals surface area contributed by atoms with Gasteiger partial charge in [0.1, 0.15) is 17.7 Å². The fourth-order valence-corrected chi connectivity index (χ4v) is 2.93. The first-order valence-corrected chi connectivity index (χ1v) is 6.98. The second-order valence-electron chi connectivity index (χ2n) is 5.39. The Morgan fingerprint density at radius 2 is 2.10 bits per heavy atom. The molecule has 0 aromatic heterocycles. The molecule has 1 N–H and O–H groups in total. The molecule has 3 atom stereocenters. The first-order valence-electron chi connectivity index (χ1n) is 6.98. The van der Waals surface area contributed by atoms with Gasteiger partial charge in [0.05, 0.1) is 0 Å². The van der Waals surface area contributed by atoms with Crippen molar-refractivity contribution in [2.45, 2.75) is 31.3 Å². The number of hydrogen-bond donors (Lipinski definition) is 1. The molecule has 4 nitrogen and oxygen atoms in total. The quantitative estimate of drug-likeness (QED) is 0.840. The topological polar surface area (TPSA) is 39.7 Å². The standard InChI is InChI=1S/C15H20FNO3/c1-18-15(19-2)10-4-3-9(7-12(10)16)20-14-5-6-17-13-8-11(13)14/h3-4,7,11,13-15,17H,5-6,8H2,1-2H3. The summed E-state index contributed by atoms with van der Waals surface area (Å²) in [4.78, 5) is 0. The number of methoxy groups -OCH3 is 2. The van der Waals surface area contributed by atoms with Gasteiger partial charge < -0.3 is 19.5 Å². The van der Waals surface area contributed by atoms with Gasteiger partial charge in [0.15, 0.2) is 6.29 Å². The third-order valence-corrected chi connectivity index (χ3v) is 4.09. The Labute approximate surface area is 118 Å². The van der Waals surface area contributed by atoms with E-state index in [9.17, 15) is 4.39 Å². The van der Waals surface area contributed by atoms with Crippen LogP contribution in [0.2, 0.25) is 0 Å². The van der Waals surface area contributed by atoms with Crippen LogP contribution in [0, 0.1) is 11.7 Å². The molecule has 2 fully saturated rings. The highest BCUT2D eigenvalue weighted by atomic mass is 19.1. The third-order valence-electron chi connectivity index (χ3n) is 4.09. The number of fused-ring (bicyclic) bond motifs is 1. The summed E-state index contributed by atoms with van der Waals surface area (Å²) >= 11 is 0. The summed E-state index contributed by atoms with van der Waals surface area (Å²) in [7, 11) is 2.97. The smallest absolute Gasteiger partial charge is 0.185 e. The zero-order valence-electron chi connectivity index (χ0n) is 11.8. The summed E-state index contributed by atoms with van der Waals surface area (Å²) in [5.74, 6) is 0.796. The van der Waals surface area contributed by atoms with E-state index >= 15 is 0 Å². The van der Waals surface area contributed by atoms with Crippen LogP contribution in [-0.2, 0) is 9.47 Å². The summed E-state index contributed by atoms with van der Waals surface area (Å²) < 4.78 is 30.2. The Morgan fingerprint density at radius 3 is 2.80 bits per heavy atom. The van der Waals surface area contributed by atoms with E-state index in [0.717, 1.165) is 13.0 Å².